The van der Waals surface area contributed by atoms with Crippen molar-refractivity contribution in [3.63, 3.8) is 0 Å². The van der Waals surface area contributed by atoms with E-state index in [1.807, 2.05) is 0 Å². The number of nitrogens with one attached hydrogen (secondary N) is 1. The predicted molar refractivity (Wildman–Crippen MR) is 79.4 cm³/mol. The van der Waals surface area contributed by atoms with Gasteiger partial charge in [-0.3, -0.25) is 0 Å². The van der Waals surface area contributed by atoms with Crippen LogP contribution >= 0.6 is 11.6 Å². The summed E-state index contributed by atoms with van der Waals surface area (Å²) in [4.78, 5) is 15.7. The van der Waals surface area contributed by atoms with Crippen molar-refractivity contribution in [3.8, 4) is 5.69 Å². The lowest BCUT2D eigenvalue weighted by atomic mass is 10.2. The fraction of sp³-hybridized carbons (Fsp3) is 0.357. The SMILES string of the molecule is CC(C)(C)OC(=O)NCc1ncnn1-c1ccc(Cl)c(F)c1. The van der Waals surface area contributed by atoms with Gasteiger partial charge in [0, 0.05) is 6.07 Å². The minimum Gasteiger partial charge on any atom is -0.444 e. The molecule has 0 aliphatic carbocycles. The van der Waals surface area contributed by atoms with E-state index in [4.69, 9.17) is 16.3 Å². The van der Waals surface area contributed by atoms with E-state index in [1.165, 1.54) is 23.1 Å². The highest BCUT2D eigenvalue weighted by molar-refractivity contribution is 6.30. The molecule has 0 saturated heterocycles. The fourth-order valence-electron chi connectivity index (χ4n) is 1.68. The van der Waals surface area contributed by atoms with E-state index in [1.54, 1.807) is 26.8 Å². The van der Waals surface area contributed by atoms with Crippen LogP contribution in [0.15, 0.2) is 24.5 Å². The number of hydrogen-bond donors (Lipinski definition) is 1. The van der Waals surface area contributed by atoms with Crippen LogP contribution in [0.1, 0.15) is 26.6 Å². The lowest BCUT2D eigenvalue weighted by molar-refractivity contribution is 0.0522. The van der Waals surface area contributed by atoms with Gasteiger partial charge in [-0.1, -0.05) is 11.6 Å². The molecule has 0 atom stereocenters. The first kappa shape index (κ1) is 16.2. The average Bonchev–Trinajstić information content (AvgIpc) is 2.86. The maximum Gasteiger partial charge on any atom is 0.408 e. The van der Waals surface area contributed by atoms with Crippen molar-refractivity contribution in [2.24, 2.45) is 0 Å². The number of hydrogen-bond acceptors (Lipinski definition) is 4. The molecule has 0 radical (unpaired) electrons. The molecule has 6 nitrogen and oxygen atoms in total. The molecule has 22 heavy (non-hydrogen) atoms. The van der Waals surface area contributed by atoms with E-state index >= 15 is 0 Å². The third kappa shape index (κ3) is 4.17. The molecule has 0 aliphatic heterocycles. The smallest absolute Gasteiger partial charge is 0.408 e. The fourth-order valence-corrected chi connectivity index (χ4v) is 1.80. The standard InChI is InChI=1S/C14H16ClFN4O2/c1-14(2,3)22-13(21)17-7-12-18-8-19-20(12)9-4-5-10(15)11(16)6-9/h4-6,8H,7H2,1-3H3,(H,17,21). The Hall–Kier alpha value is -2.15. The molecule has 1 aromatic heterocycles. The van der Waals surface area contributed by atoms with Crippen molar-refractivity contribution in [1.29, 1.82) is 0 Å². The molecule has 2 aromatic rings. The molecule has 0 unspecified atom stereocenters. The van der Waals surface area contributed by atoms with Gasteiger partial charge < -0.3 is 10.1 Å². The Balaban J connectivity index is 2.10. The van der Waals surface area contributed by atoms with Gasteiger partial charge in [-0.05, 0) is 32.9 Å². The first-order valence-electron chi connectivity index (χ1n) is 6.57. The minimum atomic E-state index is -0.586. The molecule has 118 valence electrons. The van der Waals surface area contributed by atoms with Gasteiger partial charge >= 0.3 is 6.09 Å². The molecule has 0 fully saturated rings. The number of alkyl carbamates (subject to hydrolysis) is 1. The second-order valence-electron chi connectivity index (χ2n) is 5.54. The van der Waals surface area contributed by atoms with Gasteiger partial charge in [0.05, 0.1) is 17.3 Å². The Labute approximate surface area is 132 Å². The summed E-state index contributed by atoms with van der Waals surface area (Å²) in [5.41, 5.74) is -0.128. The van der Waals surface area contributed by atoms with Crippen LogP contribution < -0.4 is 5.32 Å². The topological polar surface area (TPSA) is 69.0 Å². The molecule has 1 heterocycles. The lowest BCUT2D eigenvalue weighted by Crippen LogP contribution is -2.32. The van der Waals surface area contributed by atoms with Crippen molar-refractivity contribution in [2.75, 3.05) is 0 Å². The summed E-state index contributed by atoms with van der Waals surface area (Å²) in [5, 5.41) is 6.61. The number of aromatic nitrogens is 3. The molecular formula is C14H16ClFN4O2. The Morgan fingerprint density at radius 1 is 1.45 bits per heavy atom. The number of nitrogens with zero attached hydrogens (tertiary/aromatic N) is 3. The van der Waals surface area contributed by atoms with Crippen molar-refractivity contribution >= 4 is 17.7 Å². The second kappa shape index (κ2) is 6.31. The highest BCUT2D eigenvalue weighted by Gasteiger charge is 2.17. The monoisotopic (exact) mass is 326 g/mol. The van der Waals surface area contributed by atoms with Crippen LogP contribution in [0.2, 0.25) is 5.02 Å². The van der Waals surface area contributed by atoms with E-state index < -0.39 is 17.5 Å². The number of benzene rings is 1. The van der Waals surface area contributed by atoms with Crippen molar-refractivity contribution in [2.45, 2.75) is 32.9 Å². The van der Waals surface area contributed by atoms with E-state index in [9.17, 15) is 9.18 Å². The lowest BCUT2D eigenvalue weighted by Gasteiger charge is -2.19. The number of carbonyl (C=O) groups excluding carboxylic acids is 1. The number of ether oxygens (including phenoxy) is 1. The Bertz CT molecular complexity index is 682. The van der Waals surface area contributed by atoms with Crippen LogP contribution in [-0.2, 0) is 11.3 Å². The van der Waals surface area contributed by atoms with Gasteiger partial charge in [0.1, 0.15) is 17.7 Å². The number of amides is 1. The van der Waals surface area contributed by atoms with Crippen LogP contribution in [0, 0.1) is 5.82 Å². The van der Waals surface area contributed by atoms with Crippen molar-refractivity contribution < 1.29 is 13.9 Å². The van der Waals surface area contributed by atoms with Crippen molar-refractivity contribution in [3.05, 3.63) is 41.2 Å². The Morgan fingerprint density at radius 2 is 2.18 bits per heavy atom. The van der Waals surface area contributed by atoms with Crippen LogP contribution in [-0.4, -0.2) is 26.5 Å². The number of carbonyl (C=O) groups is 1. The summed E-state index contributed by atoms with van der Waals surface area (Å²) in [6.45, 7) is 5.40. The highest BCUT2D eigenvalue weighted by atomic mass is 35.5. The summed E-state index contributed by atoms with van der Waals surface area (Å²) in [6, 6.07) is 4.28. The molecule has 1 aromatic carbocycles. The summed E-state index contributed by atoms with van der Waals surface area (Å²) in [6.07, 6.45) is 0.753. The zero-order valence-corrected chi connectivity index (χ0v) is 13.2. The first-order valence-corrected chi connectivity index (χ1v) is 6.95. The third-order valence-corrected chi connectivity index (χ3v) is 2.86. The quantitative estimate of drug-likeness (QED) is 0.941. The molecule has 1 amide bonds. The summed E-state index contributed by atoms with van der Waals surface area (Å²) < 4.78 is 20.1. The van der Waals surface area contributed by atoms with Crippen LogP contribution in [0.25, 0.3) is 5.69 Å². The van der Waals surface area contributed by atoms with Gasteiger partial charge in [-0.15, -0.1) is 0 Å². The van der Waals surface area contributed by atoms with Crippen LogP contribution in [0.3, 0.4) is 0 Å². The van der Waals surface area contributed by atoms with Crippen LogP contribution in [0.4, 0.5) is 9.18 Å². The summed E-state index contributed by atoms with van der Waals surface area (Å²) in [7, 11) is 0. The third-order valence-electron chi connectivity index (χ3n) is 2.56. The molecule has 1 N–H and O–H groups in total. The van der Waals surface area contributed by atoms with Crippen molar-refractivity contribution in [1.82, 2.24) is 20.1 Å². The Kier molecular flexibility index (Phi) is 4.65. The zero-order valence-electron chi connectivity index (χ0n) is 12.4. The van der Waals surface area contributed by atoms with E-state index in [2.05, 4.69) is 15.4 Å². The van der Waals surface area contributed by atoms with Gasteiger partial charge in [-0.25, -0.2) is 18.9 Å². The molecule has 0 spiro atoms. The van der Waals surface area contributed by atoms with Crippen LogP contribution in [0.5, 0.6) is 0 Å². The maximum absolute atomic E-state index is 13.5. The average molecular weight is 327 g/mol. The van der Waals surface area contributed by atoms with Gasteiger partial charge in [0.15, 0.2) is 5.82 Å². The largest absolute Gasteiger partial charge is 0.444 e. The second-order valence-corrected chi connectivity index (χ2v) is 5.95. The Morgan fingerprint density at radius 3 is 2.82 bits per heavy atom. The summed E-state index contributed by atoms with van der Waals surface area (Å²) in [5.74, 6) is -0.117. The normalized spacial score (nSPS) is 11.3. The van der Waals surface area contributed by atoms with E-state index in [0.29, 0.717) is 11.5 Å². The van der Waals surface area contributed by atoms with E-state index in [0.717, 1.165) is 0 Å². The van der Waals surface area contributed by atoms with Gasteiger partial charge in [0.25, 0.3) is 0 Å². The molecular weight excluding hydrogens is 311 g/mol. The molecule has 0 bridgehead atoms. The van der Waals surface area contributed by atoms with E-state index in [-0.39, 0.29) is 11.6 Å². The number of halogens is 2. The molecule has 2 rings (SSSR count). The first-order chi connectivity index (χ1) is 10.3. The predicted octanol–water partition coefficient (Wildman–Crippen LogP) is 3.08. The zero-order chi connectivity index (χ0) is 16.3. The molecule has 8 heteroatoms. The summed E-state index contributed by atoms with van der Waals surface area (Å²) >= 11 is 5.65. The maximum atomic E-state index is 13.5. The molecule has 0 aliphatic rings. The highest BCUT2D eigenvalue weighted by Crippen LogP contribution is 2.18. The minimum absolute atomic E-state index is 0.0253. The number of rotatable bonds is 3. The van der Waals surface area contributed by atoms with Gasteiger partial charge in [-0.2, -0.15) is 5.10 Å². The van der Waals surface area contributed by atoms with Gasteiger partial charge in [0.2, 0.25) is 0 Å². The molecule has 0 saturated carbocycles.